The Morgan fingerprint density at radius 3 is 2.00 bits per heavy atom. The first-order valence-corrected chi connectivity index (χ1v) is 10.1. The van der Waals surface area contributed by atoms with Crippen molar-refractivity contribution in [2.75, 3.05) is 6.61 Å². The number of amides is 1. The Labute approximate surface area is 164 Å². The highest BCUT2D eigenvalue weighted by Crippen LogP contribution is 2.11. The number of esters is 2. The Balaban J connectivity index is 4.41. The van der Waals surface area contributed by atoms with Crippen LogP contribution in [0.1, 0.15) is 85.5 Å². The first kappa shape index (κ1) is 25.1. The Morgan fingerprint density at radius 1 is 0.889 bits per heavy atom. The Bertz CT molecular complexity index is 461. The Hall–Kier alpha value is -1.85. The van der Waals surface area contributed by atoms with Gasteiger partial charge >= 0.3 is 11.9 Å². The van der Waals surface area contributed by atoms with Gasteiger partial charge in [-0.25, -0.2) is 0 Å². The van der Waals surface area contributed by atoms with E-state index >= 15 is 0 Å². The number of unbranched alkanes of at least 4 members (excludes halogenated alkanes) is 8. The molecular formula is C21H37NO5. The maximum absolute atomic E-state index is 11.4. The van der Waals surface area contributed by atoms with Crippen molar-refractivity contribution in [3.63, 3.8) is 0 Å². The molecule has 156 valence electrons. The van der Waals surface area contributed by atoms with Crippen molar-refractivity contribution in [1.29, 1.82) is 0 Å². The van der Waals surface area contributed by atoms with Gasteiger partial charge in [-0.2, -0.15) is 0 Å². The molecule has 27 heavy (non-hydrogen) atoms. The van der Waals surface area contributed by atoms with E-state index in [1.54, 1.807) is 6.08 Å². The zero-order chi connectivity index (χ0) is 20.5. The summed E-state index contributed by atoms with van der Waals surface area (Å²) in [7, 11) is 0. The van der Waals surface area contributed by atoms with Gasteiger partial charge in [0.05, 0.1) is 0 Å². The predicted octanol–water partition coefficient (Wildman–Crippen LogP) is 4.07. The van der Waals surface area contributed by atoms with E-state index in [1.165, 1.54) is 65.7 Å². The molecule has 0 saturated heterocycles. The lowest BCUT2D eigenvalue weighted by atomic mass is 10.1. The van der Waals surface area contributed by atoms with Crippen LogP contribution >= 0.6 is 0 Å². The summed E-state index contributed by atoms with van der Waals surface area (Å²) in [5, 5.41) is 2.68. The van der Waals surface area contributed by atoms with Crippen LogP contribution in [0.2, 0.25) is 0 Å². The van der Waals surface area contributed by atoms with Gasteiger partial charge in [-0.1, -0.05) is 57.9 Å². The molecule has 0 aromatic heterocycles. The number of carbonyl (C=O) groups excluding carboxylic acids is 3. The number of nitrogens with one attached hydrogen (secondary N) is 1. The van der Waals surface area contributed by atoms with Gasteiger partial charge in [0.25, 0.3) is 0 Å². The van der Waals surface area contributed by atoms with E-state index in [-0.39, 0.29) is 12.5 Å². The molecule has 0 fully saturated rings. The second-order valence-electron chi connectivity index (χ2n) is 6.88. The van der Waals surface area contributed by atoms with Crippen molar-refractivity contribution in [3.8, 4) is 0 Å². The summed E-state index contributed by atoms with van der Waals surface area (Å²) < 4.78 is 10.3. The molecular weight excluding hydrogens is 346 g/mol. The summed E-state index contributed by atoms with van der Waals surface area (Å²) in [6, 6.07) is -0.606. The summed E-state index contributed by atoms with van der Waals surface area (Å²) in [5.41, 5.74) is 0. The lowest BCUT2D eigenvalue weighted by Crippen LogP contribution is -2.46. The van der Waals surface area contributed by atoms with Crippen molar-refractivity contribution in [3.05, 3.63) is 12.2 Å². The smallest absolute Gasteiger partial charge is 0.303 e. The van der Waals surface area contributed by atoms with Crippen molar-refractivity contribution in [1.82, 2.24) is 5.32 Å². The first-order valence-electron chi connectivity index (χ1n) is 10.1. The van der Waals surface area contributed by atoms with Crippen LogP contribution in [0.4, 0.5) is 0 Å². The molecule has 0 aliphatic rings. The molecule has 0 rings (SSSR count). The maximum Gasteiger partial charge on any atom is 0.303 e. The van der Waals surface area contributed by atoms with Crippen LogP contribution in [0.5, 0.6) is 0 Å². The van der Waals surface area contributed by atoms with Crippen LogP contribution in [-0.4, -0.2) is 36.6 Å². The van der Waals surface area contributed by atoms with Gasteiger partial charge in [-0.05, 0) is 18.9 Å². The third kappa shape index (κ3) is 16.1. The van der Waals surface area contributed by atoms with Gasteiger partial charge in [0, 0.05) is 20.8 Å². The van der Waals surface area contributed by atoms with Crippen LogP contribution in [0, 0.1) is 0 Å². The summed E-state index contributed by atoms with van der Waals surface area (Å²) >= 11 is 0. The second-order valence-corrected chi connectivity index (χ2v) is 6.88. The number of carbonyl (C=O) groups is 3. The van der Waals surface area contributed by atoms with Crippen LogP contribution in [-0.2, 0) is 23.9 Å². The van der Waals surface area contributed by atoms with Gasteiger partial charge in [0.1, 0.15) is 18.8 Å². The standard InChI is InChI=1S/C21H37NO5/c1-5-6-7-8-9-10-11-12-13-14-15-21(27-19(4)25)20(22-17(2)23)16-26-18(3)24/h14-15,20-21H,5-13,16H2,1-4H3,(H,22,23)/b15-14+/t20-,21+/m0/s1. The Kier molecular flexibility index (Phi) is 15.2. The van der Waals surface area contributed by atoms with Gasteiger partial charge in [0.15, 0.2) is 0 Å². The van der Waals surface area contributed by atoms with E-state index < -0.39 is 24.1 Å². The number of hydrogen-bond acceptors (Lipinski definition) is 5. The number of hydrogen-bond donors (Lipinski definition) is 1. The van der Waals surface area contributed by atoms with E-state index in [0.717, 1.165) is 12.8 Å². The number of allylic oxidation sites excluding steroid dienone is 1. The van der Waals surface area contributed by atoms with Crippen molar-refractivity contribution in [2.24, 2.45) is 0 Å². The molecule has 2 atom stereocenters. The quantitative estimate of drug-likeness (QED) is 0.262. The molecule has 0 spiro atoms. The van der Waals surface area contributed by atoms with Crippen molar-refractivity contribution < 1.29 is 23.9 Å². The largest absolute Gasteiger partial charge is 0.464 e. The van der Waals surface area contributed by atoms with Crippen LogP contribution < -0.4 is 5.32 Å². The van der Waals surface area contributed by atoms with Crippen LogP contribution in [0.25, 0.3) is 0 Å². The molecule has 0 saturated carbocycles. The fraction of sp³-hybridized carbons (Fsp3) is 0.762. The van der Waals surface area contributed by atoms with E-state index in [9.17, 15) is 14.4 Å². The highest BCUT2D eigenvalue weighted by atomic mass is 16.6. The molecule has 1 amide bonds. The SMILES string of the molecule is CCCCCCCCCC/C=C/[C@@H](OC(C)=O)[C@H](COC(C)=O)NC(C)=O. The summed E-state index contributed by atoms with van der Waals surface area (Å²) in [6.45, 7) is 6.16. The van der Waals surface area contributed by atoms with E-state index in [1.807, 2.05) is 6.08 Å². The maximum atomic E-state index is 11.4. The van der Waals surface area contributed by atoms with Gasteiger partial charge in [-0.15, -0.1) is 0 Å². The highest BCUT2D eigenvalue weighted by Gasteiger charge is 2.24. The topological polar surface area (TPSA) is 81.7 Å². The molecule has 0 aliphatic carbocycles. The summed E-state index contributed by atoms with van der Waals surface area (Å²) in [4.78, 5) is 33.9. The van der Waals surface area contributed by atoms with Gasteiger partial charge in [-0.3, -0.25) is 14.4 Å². The fourth-order valence-electron chi connectivity index (χ4n) is 2.76. The van der Waals surface area contributed by atoms with Crippen LogP contribution in [0.15, 0.2) is 12.2 Å². The Morgan fingerprint density at radius 2 is 1.48 bits per heavy atom. The van der Waals surface area contributed by atoms with Gasteiger partial charge in [0.2, 0.25) is 5.91 Å². The lowest BCUT2D eigenvalue weighted by molar-refractivity contribution is -0.149. The molecule has 0 aromatic carbocycles. The molecule has 0 unspecified atom stereocenters. The fourth-order valence-corrected chi connectivity index (χ4v) is 2.76. The molecule has 0 bridgehead atoms. The molecule has 1 N–H and O–H groups in total. The molecule has 0 aromatic rings. The van der Waals surface area contributed by atoms with E-state index in [4.69, 9.17) is 9.47 Å². The normalized spacial score (nSPS) is 13.2. The highest BCUT2D eigenvalue weighted by molar-refractivity contribution is 5.73. The minimum Gasteiger partial charge on any atom is -0.464 e. The number of rotatable bonds is 15. The third-order valence-corrected chi connectivity index (χ3v) is 4.10. The molecule has 0 aliphatic heterocycles. The average molecular weight is 384 g/mol. The summed E-state index contributed by atoms with van der Waals surface area (Å²) in [5.74, 6) is -1.18. The lowest BCUT2D eigenvalue weighted by Gasteiger charge is -2.24. The van der Waals surface area contributed by atoms with E-state index in [0.29, 0.717) is 0 Å². The molecule has 0 heterocycles. The van der Waals surface area contributed by atoms with E-state index in [2.05, 4.69) is 12.2 Å². The monoisotopic (exact) mass is 383 g/mol. The first-order chi connectivity index (χ1) is 12.9. The second kappa shape index (κ2) is 16.3. The average Bonchev–Trinajstić information content (AvgIpc) is 2.58. The summed E-state index contributed by atoms with van der Waals surface area (Å²) in [6.07, 6.45) is 14.0. The van der Waals surface area contributed by atoms with Crippen molar-refractivity contribution in [2.45, 2.75) is 97.6 Å². The van der Waals surface area contributed by atoms with Crippen molar-refractivity contribution >= 4 is 17.8 Å². The molecule has 6 nitrogen and oxygen atoms in total. The molecule has 0 radical (unpaired) electrons. The zero-order valence-electron chi connectivity index (χ0n) is 17.4. The predicted molar refractivity (Wildman–Crippen MR) is 106 cm³/mol. The minimum absolute atomic E-state index is 0.0467. The minimum atomic E-state index is -0.667. The number of ether oxygens (including phenoxy) is 2. The molecule has 6 heteroatoms. The zero-order valence-corrected chi connectivity index (χ0v) is 17.4. The van der Waals surface area contributed by atoms with Gasteiger partial charge < -0.3 is 14.8 Å². The van der Waals surface area contributed by atoms with Crippen LogP contribution in [0.3, 0.4) is 0 Å². The third-order valence-electron chi connectivity index (χ3n) is 4.10.